The fourth-order valence-corrected chi connectivity index (χ4v) is 5.42. The van der Waals surface area contributed by atoms with Gasteiger partial charge in [-0.2, -0.15) is 5.10 Å². The molecule has 0 saturated carbocycles. The van der Waals surface area contributed by atoms with Gasteiger partial charge in [-0.05, 0) is 67.1 Å². The number of amides is 1. The van der Waals surface area contributed by atoms with Crippen LogP contribution >= 0.6 is 11.8 Å². The Morgan fingerprint density at radius 1 is 0.900 bits per heavy atom. The Labute approximate surface area is 234 Å². The fraction of sp³-hybridized carbons (Fsp3) is 0.129. The first-order valence-corrected chi connectivity index (χ1v) is 13.2. The maximum absolute atomic E-state index is 14.0. The third-order valence-corrected chi connectivity index (χ3v) is 7.44. The Kier molecular flexibility index (Phi) is 7.93. The summed E-state index contributed by atoms with van der Waals surface area (Å²) < 4.78 is 39.4. The Balaban J connectivity index is 1.49. The maximum atomic E-state index is 14.0. The molecule has 4 aromatic rings. The molecule has 1 aliphatic rings. The van der Waals surface area contributed by atoms with Crippen molar-refractivity contribution in [2.45, 2.75) is 18.9 Å². The number of hydrogen-bond donors (Lipinski definition) is 0. The molecule has 6 nitrogen and oxygen atoms in total. The van der Waals surface area contributed by atoms with Crippen molar-refractivity contribution < 1.29 is 27.8 Å². The molecule has 0 N–H and O–H groups in total. The number of ether oxygens (including phenoxy) is 2. The molecular formula is C31H24F2N2O4S. The number of methoxy groups -OCH3 is 1. The number of thioether (sulfide) groups is 1. The summed E-state index contributed by atoms with van der Waals surface area (Å²) in [6.45, 7) is 1.69. The average Bonchev–Trinajstić information content (AvgIpc) is 3.41. The van der Waals surface area contributed by atoms with E-state index in [9.17, 15) is 18.4 Å². The maximum Gasteiger partial charge on any atom is 0.275 e. The number of hydrazone groups is 1. The summed E-state index contributed by atoms with van der Waals surface area (Å²) in [5, 5.41) is 5.65. The van der Waals surface area contributed by atoms with Gasteiger partial charge in [0.25, 0.3) is 5.91 Å². The molecule has 0 aliphatic carbocycles. The second-order valence-electron chi connectivity index (χ2n) is 8.97. The van der Waals surface area contributed by atoms with Gasteiger partial charge in [0, 0.05) is 22.3 Å². The van der Waals surface area contributed by atoms with Crippen LogP contribution in [0.3, 0.4) is 0 Å². The van der Waals surface area contributed by atoms with Crippen molar-refractivity contribution in [2.75, 3.05) is 7.11 Å². The van der Waals surface area contributed by atoms with Crippen molar-refractivity contribution in [1.82, 2.24) is 5.01 Å². The molecule has 9 heteroatoms. The van der Waals surface area contributed by atoms with Crippen LogP contribution < -0.4 is 9.47 Å². The van der Waals surface area contributed by atoms with Crippen molar-refractivity contribution in [3.63, 3.8) is 0 Å². The zero-order chi connectivity index (χ0) is 28.2. The summed E-state index contributed by atoms with van der Waals surface area (Å²) in [5.74, 6) is -0.656. The van der Waals surface area contributed by atoms with Crippen LogP contribution in [-0.2, 0) is 6.61 Å². The van der Waals surface area contributed by atoms with E-state index in [1.54, 1.807) is 48.5 Å². The molecule has 0 spiro atoms. The van der Waals surface area contributed by atoms with Crippen LogP contribution in [0.2, 0.25) is 0 Å². The highest BCUT2D eigenvalue weighted by Crippen LogP contribution is 2.47. The lowest BCUT2D eigenvalue weighted by molar-refractivity contribution is 0.0747. The van der Waals surface area contributed by atoms with Crippen LogP contribution in [0.1, 0.15) is 49.7 Å². The van der Waals surface area contributed by atoms with E-state index in [-0.39, 0.29) is 18.0 Å². The smallest absolute Gasteiger partial charge is 0.275 e. The molecule has 0 fully saturated rings. The van der Waals surface area contributed by atoms with E-state index < -0.39 is 22.9 Å². The van der Waals surface area contributed by atoms with Crippen LogP contribution in [0.4, 0.5) is 8.78 Å². The largest absolute Gasteiger partial charge is 0.492 e. The first-order valence-electron chi connectivity index (χ1n) is 12.3. The van der Waals surface area contributed by atoms with Gasteiger partial charge in [-0.1, -0.05) is 48.2 Å². The van der Waals surface area contributed by atoms with Crippen molar-refractivity contribution in [2.24, 2.45) is 5.10 Å². The number of nitrogens with zero attached hydrogens (tertiary/aromatic N) is 2. The Bertz CT molecular complexity index is 1610. The predicted molar refractivity (Wildman–Crippen MR) is 150 cm³/mol. The van der Waals surface area contributed by atoms with Crippen molar-refractivity contribution in [3.05, 3.63) is 130 Å². The number of Topliss-reactive ketones (excluding diaryl/α,β-unsaturated/α-hetero) is 1. The quantitative estimate of drug-likeness (QED) is 0.218. The van der Waals surface area contributed by atoms with Crippen molar-refractivity contribution in [1.29, 1.82) is 0 Å². The lowest BCUT2D eigenvalue weighted by Gasteiger charge is -2.24. The zero-order valence-corrected chi connectivity index (χ0v) is 22.5. The minimum absolute atomic E-state index is 0.0419. The average molecular weight is 559 g/mol. The molecule has 1 amide bonds. The van der Waals surface area contributed by atoms with Gasteiger partial charge in [0.05, 0.1) is 7.11 Å². The number of ketones is 1. The van der Waals surface area contributed by atoms with Gasteiger partial charge in [0.1, 0.15) is 28.7 Å². The molecule has 4 aromatic carbocycles. The van der Waals surface area contributed by atoms with Crippen LogP contribution in [0, 0.1) is 11.6 Å². The Morgan fingerprint density at radius 3 is 2.35 bits per heavy atom. The number of rotatable bonds is 8. The summed E-state index contributed by atoms with van der Waals surface area (Å²) in [7, 11) is 1.50. The molecule has 40 heavy (non-hydrogen) atoms. The Morgan fingerprint density at radius 2 is 1.62 bits per heavy atom. The number of carbonyl (C=O) groups excluding carboxylic acids is 2. The third-order valence-electron chi connectivity index (χ3n) is 6.22. The van der Waals surface area contributed by atoms with Crippen LogP contribution in [0.15, 0.2) is 96.1 Å². The summed E-state index contributed by atoms with van der Waals surface area (Å²) in [4.78, 5) is 25.3. The molecule has 0 bridgehead atoms. The van der Waals surface area contributed by atoms with Gasteiger partial charge < -0.3 is 9.47 Å². The second-order valence-corrected chi connectivity index (χ2v) is 10.0. The zero-order valence-electron chi connectivity index (χ0n) is 21.6. The fourth-order valence-electron chi connectivity index (χ4n) is 4.25. The normalized spacial score (nSPS) is 14.6. The van der Waals surface area contributed by atoms with Crippen LogP contribution in [0.5, 0.6) is 11.5 Å². The summed E-state index contributed by atoms with van der Waals surface area (Å²) in [5.41, 5.74) is 2.75. The summed E-state index contributed by atoms with van der Waals surface area (Å²) in [6, 6.07) is 23.7. The lowest BCUT2D eigenvalue weighted by Crippen LogP contribution is -2.26. The topological polar surface area (TPSA) is 68.2 Å². The highest BCUT2D eigenvalue weighted by atomic mass is 32.2. The molecular weight excluding hydrogens is 534 g/mol. The predicted octanol–water partition coefficient (Wildman–Crippen LogP) is 7.00. The molecule has 0 aromatic heterocycles. The van der Waals surface area contributed by atoms with Gasteiger partial charge in [0.15, 0.2) is 17.3 Å². The first kappa shape index (κ1) is 27.1. The van der Waals surface area contributed by atoms with E-state index in [2.05, 4.69) is 5.10 Å². The molecule has 5 rings (SSSR count). The van der Waals surface area contributed by atoms with E-state index in [4.69, 9.17) is 9.47 Å². The van der Waals surface area contributed by atoms with E-state index in [0.29, 0.717) is 33.2 Å². The van der Waals surface area contributed by atoms with Gasteiger partial charge >= 0.3 is 0 Å². The van der Waals surface area contributed by atoms with Gasteiger partial charge in [0.2, 0.25) is 0 Å². The molecule has 202 valence electrons. The van der Waals surface area contributed by atoms with Crippen LogP contribution in [-0.4, -0.2) is 28.9 Å². The number of benzene rings is 4. The molecule has 0 saturated heterocycles. The highest BCUT2D eigenvalue weighted by molar-refractivity contribution is 8.14. The van der Waals surface area contributed by atoms with Gasteiger partial charge in [-0.25, -0.2) is 13.8 Å². The SMILES string of the molecule is COc1c(OCc2cccc(C(C)=O)c2)cccc1C1SC(c2ccc(F)cc2)=NN1C(=O)c1cccc(F)c1. The molecule has 1 unspecified atom stereocenters. The molecule has 1 heterocycles. The Hall–Kier alpha value is -4.50. The van der Waals surface area contributed by atoms with Crippen molar-refractivity contribution in [3.8, 4) is 11.5 Å². The number of para-hydroxylation sites is 1. The van der Waals surface area contributed by atoms with Gasteiger partial charge in [-0.15, -0.1) is 0 Å². The van der Waals surface area contributed by atoms with E-state index in [0.717, 1.165) is 11.6 Å². The van der Waals surface area contributed by atoms with Crippen molar-refractivity contribution >= 4 is 28.5 Å². The summed E-state index contributed by atoms with van der Waals surface area (Å²) in [6.07, 6.45) is 0. The van der Waals surface area contributed by atoms with Gasteiger partial charge in [-0.3, -0.25) is 9.59 Å². The lowest BCUT2D eigenvalue weighted by atomic mass is 10.1. The third kappa shape index (κ3) is 5.74. The van der Waals surface area contributed by atoms with E-state index in [1.807, 2.05) is 6.07 Å². The number of hydrogen-bond acceptors (Lipinski definition) is 6. The second kappa shape index (κ2) is 11.7. The first-order chi connectivity index (χ1) is 19.3. The summed E-state index contributed by atoms with van der Waals surface area (Å²) >= 11 is 1.28. The number of carbonyl (C=O) groups is 2. The minimum Gasteiger partial charge on any atom is -0.492 e. The molecule has 1 aliphatic heterocycles. The monoisotopic (exact) mass is 558 g/mol. The van der Waals surface area contributed by atoms with Crippen LogP contribution in [0.25, 0.3) is 0 Å². The van der Waals surface area contributed by atoms with E-state index >= 15 is 0 Å². The highest BCUT2D eigenvalue weighted by Gasteiger charge is 2.37. The molecule has 0 radical (unpaired) electrons. The van der Waals surface area contributed by atoms with E-state index in [1.165, 1.54) is 61.1 Å². The number of halogens is 2. The molecule has 1 atom stereocenters. The standard InChI is InChI=1S/C31H24F2N2O4S/c1-19(36)22-7-3-6-20(16-22)18-39-27-11-5-10-26(28(27)38-2)31-35(30(37)23-8-4-9-25(33)17-23)34-29(40-31)21-12-14-24(32)15-13-21/h3-17,31H,18H2,1-2H3. The minimum atomic E-state index is -0.685.